The van der Waals surface area contributed by atoms with Crippen LogP contribution >= 0.6 is 0 Å². The van der Waals surface area contributed by atoms with Crippen molar-refractivity contribution in [2.24, 2.45) is 0 Å². The van der Waals surface area contributed by atoms with Crippen LogP contribution in [0, 0.1) is 0 Å². The first-order chi connectivity index (χ1) is 20.6. The lowest BCUT2D eigenvalue weighted by Gasteiger charge is -2.27. The third-order valence-electron chi connectivity index (χ3n) is 6.43. The summed E-state index contributed by atoms with van der Waals surface area (Å²) in [6, 6.07) is 34.1. The van der Waals surface area contributed by atoms with Gasteiger partial charge in [0.2, 0.25) is 0 Å². The average Bonchev–Trinajstić information content (AvgIpc) is 3.03. The number of hydrogen-bond donors (Lipinski definition) is 0. The maximum atomic E-state index is 13.5. The van der Waals surface area contributed by atoms with Crippen molar-refractivity contribution in [3.05, 3.63) is 132 Å². The molecule has 0 radical (unpaired) electrons. The van der Waals surface area contributed by atoms with Crippen molar-refractivity contribution in [3.63, 3.8) is 0 Å². The van der Waals surface area contributed by atoms with Crippen molar-refractivity contribution in [1.29, 1.82) is 0 Å². The Kier molecular flexibility index (Phi) is 11.1. The number of rotatable bonds is 13. The fourth-order valence-electron chi connectivity index (χ4n) is 4.35. The summed E-state index contributed by atoms with van der Waals surface area (Å²) in [6.07, 6.45) is 6.69. The molecule has 214 valence electrons. The number of ether oxygens (including phenoxy) is 2. The zero-order valence-electron chi connectivity index (χ0n) is 24.1. The highest BCUT2D eigenvalue weighted by molar-refractivity contribution is 6.05. The van der Waals surface area contributed by atoms with Crippen LogP contribution in [0.5, 0.6) is 11.5 Å². The predicted octanol–water partition coefficient (Wildman–Crippen LogP) is 7.28. The van der Waals surface area contributed by atoms with E-state index in [1.54, 1.807) is 34.1 Å². The molecular weight excluding hydrogens is 524 g/mol. The summed E-state index contributed by atoms with van der Waals surface area (Å²) in [6.45, 7) is 5.67. The van der Waals surface area contributed by atoms with Gasteiger partial charge in [0.15, 0.2) is 0 Å². The minimum absolute atomic E-state index is 0.180. The van der Waals surface area contributed by atoms with E-state index in [0.29, 0.717) is 26.3 Å². The average molecular weight is 561 g/mol. The molecule has 2 amide bonds. The Hall–Kier alpha value is -5.10. The largest absolute Gasteiger partial charge is 0.494 e. The molecular formula is C36H36N2O4. The first kappa shape index (κ1) is 29.9. The molecule has 0 fully saturated rings. The van der Waals surface area contributed by atoms with E-state index in [9.17, 15) is 9.59 Å². The van der Waals surface area contributed by atoms with Crippen molar-refractivity contribution in [3.8, 4) is 11.5 Å². The van der Waals surface area contributed by atoms with E-state index in [0.717, 1.165) is 34.0 Å². The molecule has 4 aromatic carbocycles. The topological polar surface area (TPSA) is 59.1 Å². The number of amides is 2. The van der Waals surface area contributed by atoms with Gasteiger partial charge < -0.3 is 19.3 Å². The van der Waals surface area contributed by atoms with E-state index in [4.69, 9.17) is 9.47 Å². The zero-order valence-corrected chi connectivity index (χ0v) is 24.1. The smallest absolute Gasteiger partial charge is 0.251 e. The van der Waals surface area contributed by atoms with Gasteiger partial charge in [-0.2, -0.15) is 0 Å². The number of carbonyl (C=O) groups is 2. The molecule has 0 spiro atoms. The molecule has 6 nitrogen and oxygen atoms in total. The molecule has 6 heteroatoms. The maximum Gasteiger partial charge on any atom is 0.251 e. The highest BCUT2D eigenvalue weighted by atomic mass is 16.5. The molecule has 42 heavy (non-hydrogen) atoms. The lowest BCUT2D eigenvalue weighted by Crippen LogP contribution is -2.40. The summed E-state index contributed by atoms with van der Waals surface area (Å²) < 4.78 is 11.0. The first-order valence-electron chi connectivity index (χ1n) is 14.1. The van der Waals surface area contributed by atoms with Gasteiger partial charge >= 0.3 is 0 Å². The Labute approximate surface area is 248 Å². The quantitative estimate of drug-likeness (QED) is 0.161. The van der Waals surface area contributed by atoms with Crippen molar-refractivity contribution in [2.75, 3.05) is 36.1 Å². The minimum atomic E-state index is -0.180. The Balaban J connectivity index is 1.52. The summed E-state index contributed by atoms with van der Waals surface area (Å²) in [4.78, 5) is 30.3. The fraction of sp³-hybridized carbons (Fsp3) is 0.167. The van der Waals surface area contributed by atoms with Crippen molar-refractivity contribution in [1.82, 2.24) is 0 Å². The van der Waals surface area contributed by atoms with Crippen LogP contribution in [0.1, 0.15) is 25.0 Å². The highest BCUT2D eigenvalue weighted by Gasteiger charge is 2.18. The van der Waals surface area contributed by atoms with Gasteiger partial charge in [0.1, 0.15) is 11.5 Å². The highest BCUT2D eigenvalue weighted by Crippen LogP contribution is 2.19. The minimum Gasteiger partial charge on any atom is -0.494 e. The van der Waals surface area contributed by atoms with Crippen molar-refractivity contribution >= 4 is 35.3 Å². The lowest BCUT2D eigenvalue weighted by atomic mass is 10.2. The van der Waals surface area contributed by atoms with Gasteiger partial charge in [0.05, 0.1) is 13.2 Å². The first-order valence-corrected chi connectivity index (χ1v) is 14.1. The lowest BCUT2D eigenvalue weighted by molar-refractivity contribution is -0.115. The summed E-state index contributed by atoms with van der Waals surface area (Å²) >= 11 is 0. The van der Waals surface area contributed by atoms with E-state index in [1.165, 1.54) is 0 Å². The zero-order chi connectivity index (χ0) is 29.6. The van der Waals surface area contributed by atoms with Gasteiger partial charge in [-0.15, -0.1) is 0 Å². The monoisotopic (exact) mass is 560 g/mol. The van der Waals surface area contributed by atoms with Crippen LogP contribution in [0.4, 0.5) is 11.4 Å². The van der Waals surface area contributed by atoms with Crippen LogP contribution in [0.3, 0.4) is 0 Å². The summed E-state index contributed by atoms with van der Waals surface area (Å²) in [5.74, 6) is 1.21. The number of carbonyl (C=O) groups excluding carboxylic acids is 2. The molecule has 0 bridgehead atoms. The molecule has 0 aliphatic heterocycles. The number of nitrogens with zero attached hydrogens (tertiary/aromatic N) is 2. The molecule has 0 aliphatic rings. The fourth-order valence-corrected chi connectivity index (χ4v) is 4.35. The number of anilines is 2. The van der Waals surface area contributed by atoms with Crippen molar-refractivity contribution in [2.45, 2.75) is 13.8 Å². The van der Waals surface area contributed by atoms with Gasteiger partial charge in [-0.25, -0.2) is 0 Å². The maximum absolute atomic E-state index is 13.5. The molecule has 0 aromatic heterocycles. The second kappa shape index (κ2) is 15.6. The van der Waals surface area contributed by atoms with Crippen LogP contribution in [-0.2, 0) is 9.59 Å². The third kappa shape index (κ3) is 8.70. The van der Waals surface area contributed by atoms with Gasteiger partial charge in [-0.1, -0.05) is 60.7 Å². The van der Waals surface area contributed by atoms with Crippen LogP contribution in [0.25, 0.3) is 12.2 Å². The predicted molar refractivity (Wildman–Crippen MR) is 171 cm³/mol. The Bertz CT molecular complexity index is 1350. The van der Waals surface area contributed by atoms with Gasteiger partial charge in [0.25, 0.3) is 11.8 Å². The molecule has 0 heterocycles. The van der Waals surface area contributed by atoms with E-state index >= 15 is 0 Å². The van der Waals surface area contributed by atoms with E-state index in [1.807, 2.05) is 123 Å². The molecule has 0 unspecified atom stereocenters. The standard InChI is InChI=1S/C36H36N2O4/c1-3-41-33-21-15-29(16-22-33)19-25-35(39)37(31-11-7-5-8-12-31)27-28-38(32-13-9-6-10-14-32)36(40)26-20-30-17-23-34(24-18-30)42-4-2/h5-26H,3-4,27-28H2,1-2H3/b25-19+,26-20+. The van der Waals surface area contributed by atoms with Crippen LogP contribution in [-0.4, -0.2) is 38.1 Å². The molecule has 4 rings (SSSR count). The molecule has 0 atom stereocenters. The van der Waals surface area contributed by atoms with Gasteiger partial charge in [-0.3, -0.25) is 9.59 Å². The van der Waals surface area contributed by atoms with Crippen LogP contribution in [0.15, 0.2) is 121 Å². The summed E-state index contributed by atoms with van der Waals surface area (Å²) in [5, 5.41) is 0. The number of hydrogen-bond acceptors (Lipinski definition) is 4. The second-order valence-electron chi connectivity index (χ2n) is 9.32. The van der Waals surface area contributed by atoms with E-state index < -0.39 is 0 Å². The van der Waals surface area contributed by atoms with Gasteiger partial charge in [0, 0.05) is 36.6 Å². The molecule has 4 aromatic rings. The Morgan fingerprint density at radius 2 is 0.905 bits per heavy atom. The normalized spacial score (nSPS) is 11.0. The molecule has 0 saturated carbocycles. The number of para-hydroxylation sites is 2. The van der Waals surface area contributed by atoms with Crippen LogP contribution in [0.2, 0.25) is 0 Å². The van der Waals surface area contributed by atoms with E-state index in [-0.39, 0.29) is 11.8 Å². The Morgan fingerprint density at radius 3 is 1.24 bits per heavy atom. The molecule has 0 saturated heterocycles. The molecule has 0 N–H and O–H groups in total. The van der Waals surface area contributed by atoms with Crippen molar-refractivity contribution < 1.29 is 19.1 Å². The summed E-state index contributed by atoms with van der Waals surface area (Å²) in [7, 11) is 0. The Morgan fingerprint density at radius 1 is 0.548 bits per heavy atom. The van der Waals surface area contributed by atoms with Gasteiger partial charge in [-0.05, 0) is 85.7 Å². The third-order valence-corrected chi connectivity index (χ3v) is 6.43. The molecule has 0 aliphatic carbocycles. The van der Waals surface area contributed by atoms with Crippen LogP contribution < -0.4 is 19.3 Å². The SMILES string of the molecule is CCOc1ccc(/C=C/C(=O)N(CCN(C(=O)/C=C/c2ccc(OCC)cc2)c2ccccc2)c2ccccc2)cc1. The number of benzene rings is 4. The second-order valence-corrected chi connectivity index (χ2v) is 9.32. The van der Waals surface area contributed by atoms with E-state index in [2.05, 4.69) is 0 Å². The summed E-state index contributed by atoms with van der Waals surface area (Å²) in [5.41, 5.74) is 3.29.